The molecule has 3 N–H and O–H groups in total. The summed E-state index contributed by atoms with van der Waals surface area (Å²) < 4.78 is 0. The molecule has 162 valence electrons. The van der Waals surface area contributed by atoms with Crippen LogP contribution in [0.5, 0.6) is 0 Å². The topological polar surface area (TPSA) is 113 Å². The number of rotatable bonds is 6. The third-order valence-electron chi connectivity index (χ3n) is 4.53. The maximum Gasteiger partial charge on any atom is 0.273 e. The minimum Gasteiger partial charge on any atom is -0.332 e. The van der Waals surface area contributed by atoms with Crippen LogP contribution in [0.3, 0.4) is 0 Å². The number of nitro groups is 1. The van der Waals surface area contributed by atoms with Crippen LogP contribution in [0.4, 0.5) is 17.1 Å². The second kappa shape index (κ2) is 10.3. The molecule has 0 fully saturated rings. The van der Waals surface area contributed by atoms with Crippen LogP contribution in [0, 0.1) is 17.0 Å². The summed E-state index contributed by atoms with van der Waals surface area (Å²) in [4.78, 5) is 35.0. The number of nitrogens with one attached hydrogen (secondary N) is 3. The van der Waals surface area contributed by atoms with E-state index in [0.717, 1.165) is 5.56 Å². The molecule has 0 aliphatic rings. The quantitative estimate of drug-likeness (QED) is 0.296. The number of nitro benzene ring substituents is 1. The molecule has 8 nitrogen and oxygen atoms in total. The molecule has 0 heterocycles. The fraction of sp³-hybridized carbons (Fsp3) is 0.0870. The Morgan fingerprint density at radius 1 is 0.938 bits per heavy atom. The van der Waals surface area contributed by atoms with Crippen molar-refractivity contribution in [2.24, 2.45) is 0 Å². The number of hydrogen-bond donors (Lipinski definition) is 3. The van der Waals surface area contributed by atoms with Gasteiger partial charge in [0.05, 0.1) is 11.3 Å². The fourth-order valence-corrected chi connectivity index (χ4v) is 3.12. The van der Waals surface area contributed by atoms with Gasteiger partial charge in [-0.25, -0.2) is 0 Å². The summed E-state index contributed by atoms with van der Waals surface area (Å²) in [5.74, 6) is -0.692. The van der Waals surface area contributed by atoms with E-state index in [1.165, 1.54) is 18.2 Å². The lowest BCUT2D eigenvalue weighted by atomic mass is 10.1. The van der Waals surface area contributed by atoms with Crippen molar-refractivity contribution in [3.05, 3.63) is 99.6 Å². The third kappa shape index (κ3) is 6.19. The van der Waals surface area contributed by atoms with Gasteiger partial charge in [0.1, 0.15) is 0 Å². The van der Waals surface area contributed by atoms with E-state index < -0.39 is 10.8 Å². The van der Waals surface area contributed by atoms with Crippen LogP contribution >= 0.6 is 12.2 Å². The van der Waals surface area contributed by atoms with E-state index in [2.05, 4.69) is 16.0 Å². The van der Waals surface area contributed by atoms with Crippen molar-refractivity contribution in [3.8, 4) is 0 Å². The van der Waals surface area contributed by atoms with Gasteiger partial charge in [-0.15, -0.1) is 0 Å². The molecular weight excluding hydrogens is 428 g/mol. The van der Waals surface area contributed by atoms with Crippen LogP contribution in [0.25, 0.3) is 0 Å². The van der Waals surface area contributed by atoms with Crippen LogP contribution in [-0.4, -0.2) is 21.9 Å². The van der Waals surface area contributed by atoms with Gasteiger partial charge >= 0.3 is 0 Å². The van der Waals surface area contributed by atoms with E-state index in [9.17, 15) is 19.7 Å². The molecule has 0 unspecified atom stereocenters. The Morgan fingerprint density at radius 3 is 2.19 bits per heavy atom. The number of anilines is 2. The Hall–Kier alpha value is -4.11. The monoisotopic (exact) mass is 448 g/mol. The van der Waals surface area contributed by atoms with Gasteiger partial charge in [0.25, 0.3) is 11.6 Å². The van der Waals surface area contributed by atoms with Crippen LogP contribution in [0.2, 0.25) is 0 Å². The summed E-state index contributed by atoms with van der Waals surface area (Å²) in [6.45, 7) is 1.60. The second-order valence-electron chi connectivity index (χ2n) is 6.95. The molecule has 0 saturated carbocycles. The van der Waals surface area contributed by atoms with Gasteiger partial charge in [-0.2, -0.15) is 0 Å². The Balaban J connectivity index is 1.54. The smallest absolute Gasteiger partial charge is 0.273 e. The standard InChI is InChI=1S/C23H20N4O4S/c1-15-7-8-17(14-20(15)27(30)31)22(29)26-23(32)25-19-11-9-18(10-12-19)24-21(28)13-16-5-3-2-4-6-16/h2-12,14H,13H2,1H3,(H,24,28)(H2,25,26,29,32). The van der Waals surface area contributed by atoms with Gasteiger partial charge in [0.15, 0.2) is 5.11 Å². The Kier molecular flexibility index (Phi) is 7.25. The average molecular weight is 449 g/mol. The molecule has 9 heteroatoms. The summed E-state index contributed by atoms with van der Waals surface area (Å²) in [6.07, 6.45) is 0.272. The highest BCUT2D eigenvalue weighted by Crippen LogP contribution is 2.19. The fourth-order valence-electron chi connectivity index (χ4n) is 2.91. The van der Waals surface area contributed by atoms with Crippen molar-refractivity contribution in [1.29, 1.82) is 0 Å². The van der Waals surface area contributed by atoms with Crippen molar-refractivity contribution in [2.45, 2.75) is 13.3 Å². The Bertz CT molecular complexity index is 1160. The van der Waals surface area contributed by atoms with Crippen LogP contribution in [0.15, 0.2) is 72.8 Å². The van der Waals surface area contributed by atoms with Gasteiger partial charge in [-0.3, -0.25) is 25.0 Å². The minimum atomic E-state index is -0.560. The van der Waals surface area contributed by atoms with E-state index >= 15 is 0 Å². The van der Waals surface area contributed by atoms with Crippen molar-refractivity contribution in [2.75, 3.05) is 10.6 Å². The number of hydrogen-bond acceptors (Lipinski definition) is 5. The first-order valence-electron chi connectivity index (χ1n) is 9.63. The van der Waals surface area contributed by atoms with Crippen molar-refractivity contribution in [3.63, 3.8) is 0 Å². The van der Waals surface area contributed by atoms with E-state index in [1.54, 1.807) is 31.2 Å². The number of nitrogens with zero attached hydrogens (tertiary/aromatic N) is 1. The molecule has 0 aliphatic heterocycles. The molecule has 3 aromatic rings. The molecule has 0 radical (unpaired) electrons. The normalized spacial score (nSPS) is 10.2. The van der Waals surface area contributed by atoms with Gasteiger partial charge in [-0.1, -0.05) is 36.4 Å². The summed E-state index contributed by atoms with van der Waals surface area (Å²) in [7, 11) is 0. The van der Waals surface area contributed by atoms with Crippen molar-refractivity contribution in [1.82, 2.24) is 5.32 Å². The molecule has 3 aromatic carbocycles. The predicted molar refractivity (Wildman–Crippen MR) is 127 cm³/mol. The lowest BCUT2D eigenvalue weighted by Crippen LogP contribution is -2.34. The molecule has 0 spiro atoms. The molecule has 0 aromatic heterocycles. The number of carbonyl (C=O) groups is 2. The van der Waals surface area contributed by atoms with Gasteiger partial charge in [0.2, 0.25) is 5.91 Å². The summed E-state index contributed by atoms with van der Waals surface area (Å²) >= 11 is 5.15. The first-order valence-corrected chi connectivity index (χ1v) is 10.0. The van der Waals surface area contributed by atoms with Crippen molar-refractivity contribution < 1.29 is 14.5 Å². The predicted octanol–water partition coefficient (Wildman–Crippen LogP) is 4.21. The first kappa shape index (κ1) is 22.6. The SMILES string of the molecule is Cc1ccc(C(=O)NC(=S)Nc2ccc(NC(=O)Cc3ccccc3)cc2)cc1[N+](=O)[O-]. The Labute approximate surface area is 189 Å². The number of benzene rings is 3. The second-order valence-corrected chi connectivity index (χ2v) is 7.36. The van der Waals surface area contributed by atoms with Gasteiger partial charge in [0, 0.05) is 28.6 Å². The zero-order chi connectivity index (χ0) is 23.1. The first-order chi connectivity index (χ1) is 15.3. The summed E-state index contributed by atoms with van der Waals surface area (Å²) in [5, 5.41) is 19.3. The molecule has 32 heavy (non-hydrogen) atoms. The third-order valence-corrected chi connectivity index (χ3v) is 4.73. The number of carbonyl (C=O) groups excluding carboxylic acids is 2. The molecule has 0 saturated heterocycles. The summed E-state index contributed by atoms with van der Waals surface area (Å²) in [6, 6.07) is 20.5. The van der Waals surface area contributed by atoms with E-state index in [4.69, 9.17) is 12.2 Å². The number of amides is 2. The molecule has 2 amide bonds. The minimum absolute atomic E-state index is 0.0408. The summed E-state index contributed by atoms with van der Waals surface area (Å²) in [5.41, 5.74) is 2.60. The lowest BCUT2D eigenvalue weighted by molar-refractivity contribution is -0.385. The molecule has 0 aliphatic carbocycles. The van der Waals surface area contributed by atoms with E-state index in [0.29, 0.717) is 16.9 Å². The van der Waals surface area contributed by atoms with E-state index in [-0.39, 0.29) is 28.7 Å². The van der Waals surface area contributed by atoms with Crippen LogP contribution in [-0.2, 0) is 11.2 Å². The highest BCUT2D eigenvalue weighted by Gasteiger charge is 2.15. The zero-order valence-electron chi connectivity index (χ0n) is 17.1. The molecule has 0 bridgehead atoms. The number of aryl methyl sites for hydroxylation is 1. The highest BCUT2D eigenvalue weighted by atomic mass is 32.1. The molecule has 3 rings (SSSR count). The van der Waals surface area contributed by atoms with Crippen LogP contribution < -0.4 is 16.0 Å². The maximum absolute atomic E-state index is 12.3. The Morgan fingerprint density at radius 2 is 1.56 bits per heavy atom. The van der Waals surface area contributed by atoms with Gasteiger partial charge in [-0.05, 0) is 55.0 Å². The van der Waals surface area contributed by atoms with Gasteiger partial charge < -0.3 is 10.6 Å². The number of thiocarbonyl (C=S) groups is 1. The molecular formula is C23H20N4O4S. The largest absolute Gasteiger partial charge is 0.332 e. The highest BCUT2D eigenvalue weighted by molar-refractivity contribution is 7.80. The zero-order valence-corrected chi connectivity index (χ0v) is 17.9. The van der Waals surface area contributed by atoms with Crippen LogP contribution in [0.1, 0.15) is 21.5 Å². The average Bonchev–Trinajstić information content (AvgIpc) is 2.75. The maximum atomic E-state index is 12.3. The molecule has 0 atom stereocenters. The van der Waals surface area contributed by atoms with Crippen molar-refractivity contribution >= 4 is 46.2 Å². The van der Waals surface area contributed by atoms with E-state index in [1.807, 2.05) is 30.3 Å². The lowest BCUT2D eigenvalue weighted by Gasteiger charge is -2.11.